The summed E-state index contributed by atoms with van der Waals surface area (Å²) < 4.78 is 9.98. The highest BCUT2D eigenvalue weighted by Crippen LogP contribution is 2.04. The average molecular weight is 202 g/mol. The molecule has 84 valence electrons. The molecule has 3 nitrogen and oxygen atoms in total. The third kappa shape index (κ3) is 6.75. The predicted octanol–water partition coefficient (Wildman–Crippen LogP) is 3.52. The van der Waals surface area contributed by atoms with Gasteiger partial charge in [0.25, 0.3) is 0 Å². The molecular weight excluding hydrogens is 180 g/mol. The molecule has 0 aliphatic carbocycles. The summed E-state index contributed by atoms with van der Waals surface area (Å²) in [5.74, 6) is 0. The van der Waals surface area contributed by atoms with E-state index in [4.69, 9.17) is 9.47 Å². The van der Waals surface area contributed by atoms with Crippen LogP contribution in [0.15, 0.2) is 0 Å². The highest BCUT2D eigenvalue weighted by atomic mass is 16.7. The SMILES string of the molecule is CCCCCOC(=O)OC(CC)CC. The smallest absolute Gasteiger partial charge is 0.434 e. The van der Waals surface area contributed by atoms with Gasteiger partial charge >= 0.3 is 6.16 Å². The highest BCUT2D eigenvalue weighted by molar-refractivity contribution is 5.60. The molecule has 0 aliphatic heterocycles. The van der Waals surface area contributed by atoms with Gasteiger partial charge in [-0.25, -0.2) is 4.79 Å². The molecule has 0 rings (SSSR count). The number of rotatable bonds is 7. The molecule has 3 heteroatoms. The first-order chi connectivity index (χ1) is 6.74. The number of ether oxygens (including phenoxy) is 2. The van der Waals surface area contributed by atoms with Gasteiger partial charge in [0.1, 0.15) is 6.10 Å². The molecule has 0 atom stereocenters. The van der Waals surface area contributed by atoms with Crippen LogP contribution in [0.2, 0.25) is 0 Å². The molecule has 0 aromatic carbocycles. The van der Waals surface area contributed by atoms with E-state index in [9.17, 15) is 4.79 Å². The van der Waals surface area contributed by atoms with Crippen molar-refractivity contribution in [1.29, 1.82) is 0 Å². The molecule has 0 bridgehead atoms. The molecule has 0 radical (unpaired) electrons. The Morgan fingerprint density at radius 3 is 2.29 bits per heavy atom. The van der Waals surface area contributed by atoms with Gasteiger partial charge in [-0.3, -0.25) is 0 Å². The third-order valence-electron chi connectivity index (χ3n) is 2.14. The van der Waals surface area contributed by atoms with Gasteiger partial charge < -0.3 is 9.47 Å². The summed E-state index contributed by atoms with van der Waals surface area (Å²) in [5.41, 5.74) is 0. The number of hydrogen-bond donors (Lipinski definition) is 0. The van der Waals surface area contributed by atoms with E-state index in [2.05, 4.69) is 6.92 Å². The lowest BCUT2D eigenvalue weighted by Crippen LogP contribution is -2.17. The zero-order chi connectivity index (χ0) is 10.8. The maximum Gasteiger partial charge on any atom is 0.508 e. The van der Waals surface area contributed by atoms with Crippen molar-refractivity contribution in [3.63, 3.8) is 0 Å². The molecule has 0 aromatic heterocycles. The van der Waals surface area contributed by atoms with E-state index >= 15 is 0 Å². The fourth-order valence-electron chi connectivity index (χ4n) is 1.13. The van der Waals surface area contributed by atoms with Crippen LogP contribution >= 0.6 is 0 Å². The van der Waals surface area contributed by atoms with Crippen molar-refractivity contribution >= 4 is 6.16 Å². The van der Waals surface area contributed by atoms with Crippen LogP contribution < -0.4 is 0 Å². The van der Waals surface area contributed by atoms with Crippen molar-refractivity contribution in [3.05, 3.63) is 0 Å². The van der Waals surface area contributed by atoms with Crippen molar-refractivity contribution in [2.75, 3.05) is 6.61 Å². The lowest BCUT2D eigenvalue weighted by Gasteiger charge is -2.13. The molecule has 0 saturated heterocycles. The molecule has 0 spiro atoms. The van der Waals surface area contributed by atoms with Crippen molar-refractivity contribution in [2.45, 2.75) is 59.0 Å². The maximum atomic E-state index is 11.1. The lowest BCUT2D eigenvalue weighted by atomic mass is 10.2. The first-order valence-corrected chi connectivity index (χ1v) is 5.57. The van der Waals surface area contributed by atoms with Crippen LogP contribution in [0.25, 0.3) is 0 Å². The largest absolute Gasteiger partial charge is 0.508 e. The zero-order valence-corrected chi connectivity index (χ0v) is 9.54. The van der Waals surface area contributed by atoms with E-state index < -0.39 is 6.16 Å². The minimum absolute atomic E-state index is 0.00803. The molecule has 0 aromatic rings. The number of carbonyl (C=O) groups is 1. The lowest BCUT2D eigenvalue weighted by molar-refractivity contribution is 0.0202. The maximum absolute atomic E-state index is 11.1. The second-order valence-corrected chi connectivity index (χ2v) is 3.36. The molecular formula is C11H22O3. The Labute approximate surface area is 86.8 Å². The van der Waals surface area contributed by atoms with Crippen molar-refractivity contribution in [1.82, 2.24) is 0 Å². The Balaban J connectivity index is 3.44. The van der Waals surface area contributed by atoms with Crippen molar-refractivity contribution in [3.8, 4) is 0 Å². The Morgan fingerprint density at radius 1 is 1.14 bits per heavy atom. The van der Waals surface area contributed by atoms with Crippen molar-refractivity contribution in [2.24, 2.45) is 0 Å². The first-order valence-electron chi connectivity index (χ1n) is 5.57. The van der Waals surface area contributed by atoms with Gasteiger partial charge in [0.05, 0.1) is 6.61 Å². The van der Waals surface area contributed by atoms with Crippen molar-refractivity contribution < 1.29 is 14.3 Å². The fourth-order valence-corrected chi connectivity index (χ4v) is 1.13. The zero-order valence-electron chi connectivity index (χ0n) is 9.54. The summed E-state index contributed by atoms with van der Waals surface area (Å²) in [6.07, 6.45) is 4.34. The summed E-state index contributed by atoms with van der Waals surface area (Å²) in [5, 5.41) is 0. The molecule has 14 heavy (non-hydrogen) atoms. The van der Waals surface area contributed by atoms with E-state index in [1.54, 1.807) is 0 Å². The number of unbranched alkanes of at least 4 members (excludes halogenated alkanes) is 2. The van der Waals surface area contributed by atoms with Gasteiger partial charge in [-0.05, 0) is 19.3 Å². The minimum Gasteiger partial charge on any atom is -0.434 e. The molecule has 0 saturated carbocycles. The van der Waals surface area contributed by atoms with Crippen LogP contribution in [0.1, 0.15) is 52.9 Å². The second kappa shape index (κ2) is 8.85. The highest BCUT2D eigenvalue weighted by Gasteiger charge is 2.10. The van der Waals surface area contributed by atoms with Gasteiger partial charge in [-0.2, -0.15) is 0 Å². The van der Waals surface area contributed by atoms with Gasteiger partial charge in [0.15, 0.2) is 0 Å². The third-order valence-corrected chi connectivity index (χ3v) is 2.14. The fraction of sp³-hybridized carbons (Fsp3) is 0.909. The minimum atomic E-state index is -0.519. The number of carbonyl (C=O) groups excluding carboxylic acids is 1. The molecule has 0 N–H and O–H groups in total. The van der Waals surface area contributed by atoms with E-state index in [-0.39, 0.29) is 6.10 Å². The Kier molecular flexibility index (Phi) is 8.39. The van der Waals surface area contributed by atoms with Crippen LogP contribution in [0.3, 0.4) is 0 Å². The average Bonchev–Trinajstić information content (AvgIpc) is 2.21. The number of hydrogen-bond acceptors (Lipinski definition) is 3. The summed E-state index contributed by atoms with van der Waals surface area (Å²) in [6, 6.07) is 0. The van der Waals surface area contributed by atoms with E-state index in [0.717, 1.165) is 32.1 Å². The van der Waals surface area contributed by atoms with Crippen LogP contribution in [0, 0.1) is 0 Å². The molecule has 0 aliphatic rings. The summed E-state index contributed by atoms with van der Waals surface area (Å²) in [6.45, 7) is 6.59. The van der Waals surface area contributed by atoms with Gasteiger partial charge in [0, 0.05) is 0 Å². The topological polar surface area (TPSA) is 35.5 Å². The second-order valence-electron chi connectivity index (χ2n) is 3.36. The van der Waals surface area contributed by atoms with E-state index in [1.165, 1.54) is 0 Å². The molecule has 0 heterocycles. The predicted molar refractivity (Wildman–Crippen MR) is 56.3 cm³/mol. The van der Waals surface area contributed by atoms with E-state index in [0.29, 0.717) is 6.61 Å². The quantitative estimate of drug-likeness (QED) is 0.468. The Morgan fingerprint density at radius 2 is 1.79 bits per heavy atom. The Hall–Kier alpha value is -0.730. The van der Waals surface area contributed by atoms with E-state index in [1.807, 2.05) is 13.8 Å². The molecule has 0 amide bonds. The summed E-state index contributed by atoms with van der Waals surface area (Å²) in [7, 11) is 0. The Bertz CT molecular complexity index is 141. The van der Waals surface area contributed by atoms with Crippen LogP contribution in [-0.4, -0.2) is 18.9 Å². The van der Waals surface area contributed by atoms with Gasteiger partial charge in [-0.15, -0.1) is 0 Å². The molecule has 0 unspecified atom stereocenters. The monoisotopic (exact) mass is 202 g/mol. The van der Waals surface area contributed by atoms with Gasteiger partial charge in [0.2, 0.25) is 0 Å². The summed E-state index contributed by atoms with van der Waals surface area (Å²) >= 11 is 0. The molecule has 0 fully saturated rings. The standard InChI is InChI=1S/C11H22O3/c1-4-7-8-9-13-11(12)14-10(5-2)6-3/h10H,4-9H2,1-3H3. The van der Waals surface area contributed by atoms with Crippen LogP contribution in [-0.2, 0) is 9.47 Å². The first kappa shape index (κ1) is 13.3. The summed E-state index contributed by atoms with van der Waals surface area (Å²) in [4.78, 5) is 11.1. The van der Waals surface area contributed by atoms with Crippen LogP contribution in [0.4, 0.5) is 4.79 Å². The van der Waals surface area contributed by atoms with Gasteiger partial charge in [-0.1, -0.05) is 33.6 Å². The normalized spacial score (nSPS) is 10.3. The van der Waals surface area contributed by atoms with Crippen LogP contribution in [0.5, 0.6) is 0 Å².